The number of fused-ring (bicyclic) bond motifs is 5. The van der Waals surface area contributed by atoms with Gasteiger partial charge in [0.05, 0.1) is 16.7 Å². The summed E-state index contributed by atoms with van der Waals surface area (Å²) < 4.78 is 69.5. The van der Waals surface area contributed by atoms with Gasteiger partial charge in [-0.1, -0.05) is 24.3 Å². The summed E-state index contributed by atoms with van der Waals surface area (Å²) in [5.41, 5.74) is 0.941. The number of nitrogens with zero attached hydrogens (tertiary/aromatic N) is 2. The molecule has 1 unspecified atom stereocenters. The van der Waals surface area contributed by atoms with Crippen molar-refractivity contribution in [2.45, 2.75) is 18.4 Å². The number of carbonyl (C=O) groups is 2. The van der Waals surface area contributed by atoms with Crippen LogP contribution in [0, 0.1) is 0 Å². The first-order valence-corrected chi connectivity index (χ1v) is 8.97. The van der Waals surface area contributed by atoms with Gasteiger partial charge in [-0.2, -0.15) is 0 Å². The van der Waals surface area contributed by atoms with Crippen LogP contribution in [0.4, 0.5) is 0 Å². The molecule has 0 bridgehead atoms. The van der Waals surface area contributed by atoms with E-state index in [0.717, 1.165) is 7.05 Å². The van der Waals surface area contributed by atoms with Crippen LogP contribution in [0.2, 0.25) is 0 Å². The van der Waals surface area contributed by atoms with Crippen molar-refractivity contribution >= 4 is 22.7 Å². The number of benzene rings is 2. The number of nitrogens with one attached hydrogen (secondary N) is 1. The van der Waals surface area contributed by atoms with Crippen LogP contribution in [0.15, 0.2) is 42.5 Å². The molecular weight excluding hydrogens is 370 g/mol. The minimum Gasteiger partial charge on any atom is -0.454 e. The molecule has 1 N–H and O–H groups in total. The van der Waals surface area contributed by atoms with Gasteiger partial charge < -0.3 is 24.3 Å². The summed E-state index contributed by atoms with van der Waals surface area (Å²) in [6, 6.07) is 6.88. The number of hydrogen-bond acceptors (Lipinski definition) is 4. The van der Waals surface area contributed by atoms with E-state index >= 15 is 0 Å². The third-order valence-electron chi connectivity index (χ3n) is 5.33. The summed E-state index contributed by atoms with van der Waals surface area (Å²) >= 11 is 0. The Bertz CT molecular complexity index is 1490. The number of carbonyl (C=O) groups excluding carboxylic acids is 2. The molecule has 0 spiro atoms. The van der Waals surface area contributed by atoms with E-state index < -0.39 is 43.5 Å². The zero-order valence-corrected chi connectivity index (χ0v) is 15.1. The Kier molecular flexibility index (Phi) is 2.17. The van der Waals surface area contributed by atoms with Crippen LogP contribution in [0.5, 0.6) is 11.5 Å². The summed E-state index contributed by atoms with van der Waals surface area (Å²) in [6.45, 7) is -5.26. The van der Waals surface area contributed by atoms with Crippen LogP contribution in [0.25, 0.3) is 10.9 Å². The van der Waals surface area contributed by atoms with Crippen molar-refractivity contribution in [3.8, 4) is 11.5 Å². The molecule has 1 fully saturated rings. The molecule has 3 aromatic rings. The van der Waals surface area contributed by atoms with Gasteiger partial charge in [0.15, 0.2) is 11.5 Å². The lowest BCUT2D eigenvalue weighted by Gasteiger charge is -2.46. The predicted molar refractivity (Wildman–Crippen MR) is 105 cm³/mol. The van der Waals surface area contributed by atoms with Crippen LogP contribution in [-0.2, 0) is 16.0 Å². The average molecular weight is 396 g/mol. The van der Waals surface area contributed by atoms with E-state index in [1.54, 1.807) is 24.3 Å². The van der Waals surface area contributed by atoms with Crippen LogP contribution < -0.4 is 9.47 Å². The molecule has 3 aliphatic rings. The Labute approximate surface area is 176 Å². The van der Waals surface area contributed by atoms with E-state index in [4.69, 9.17) is 17.7 Å². The number of rotatable bonds is 1. The number of likely N-dealkylation sites (N-methyl/N-ethyl adjacent to an activating group) is 1. The zero-order chi connectivity index (χ0) is 26.0. The zero-order valence-electron chi connectivity index (χ0n) is 22.1. The molecule has 0 radical (unpaired) electrons. The molecule has 2 aromatic carbocycles. The van der Waals surface area contributed by atoms with E-state index in [0.29, 0.717) is 20.7 Å². The number of hydrogen-bond donors (Lipinski definition) is 1. The molecule has 2 amide bonds. The third kappa shape index (κ3) is 2.24. The molecule has 0 aliphatic carbocycles. The maximum atomic E-state index is 13.6. The lowest BCUT2D eigenvalue weighted by atomic mass is 9.86. The molecule has 146 valence electrons. The summed E-state index contributed by atoms with van der Waals surface area (Å²) in [4.78, 5) is 31.4. The number of amides is 2. The summed E-state index contributed by atoms with van der Waals surface area (Å²) in [6.07, 6.45) is -2.73. The lowest BCUT2D eigenvalue weighted by Crippen LogP contribution is -2.62. The van der Waals surface area contributed by atoms with E-state index in [2.05, 4.69) is 4.98 Å². The van der Waals surface area contributed by atoms with Gasteiger partial charge in [-0.25, -0.2) is 0 Å². The number of para-hydroxylation sites is 1. The molecular formula is C22H19N3O4. The Morgan fingerprint density at radius 3 is 2.90 bits per heavy atom. The number of aromatic amines is 1. The summed E-state index contributed by atoms with van der Waals surface area (Å²) in [5.74, 6) is -2.36. The molecule has 6 rings (SSSR count). The maximum Gasteiger partial charge on any atom is 0.245 e. The molecule has 29 heavy (non-hydrogen) atoms. The second kappa shape index (κ2) is 5.76. The highest BCUT2D eigenvalue weighted by Gasteiger charge is 2.47. The standard InChI is InChI=1S/C22H19N3O4/c1-24-10-19(26)25-16(22(24)27)9-14-13-4-2-3-5-15(13)23-20(14)21(25)12-6-7-17-18(8-12)29-11-28-17/h2-8,16,21,23H,9-11H2,1H3/t16-,21?/m1/s1/i9D2,10D2,11D2,16D. The van der Waals surface area contributed by atoms with Gasteiger partial charge in [-0.05, 0) is 29.3 Å². The fourth-order valence-corrected chi connectivity index (χ4v) is 4.01. The van der Waals surface area contributed by atoms with Gasteiger partial charge in [0.25, 0.3) is 0 Å². The van der Waals surface area contributed by atoms with Crippen molar-refractivity contribution in [2.24, 2.45) is 0 Å². The Hall–Kier alpha value is -3.48. The van der Waals surface area contributed by atoms with Crippen molar-refractivity contribution < 1.29 is 28.7 Å². The first-order valence-electron chi connectivity index (χ1n) is 12.5. The smallest absolute Gasteiger partial charge is 0.245 e. The fourth-order valence-electron chi connectivity index (χ4n) is 4.01. The van der Waals surface area contributed by atoms with Gasteiger partial charge >= 0.3 is 0 Å². The third-order valence-corrected chi connectivity index (χ3v) is 5.33. The predicted octanol–water partition coefficient (Wildman–Crippen LogP) is 2.21. The van der Waals surface area contributed by atoms with Crippen LogP contribution in [0.3, 0.4) is 0 Å². The minimum atomic E-state index is -2.85. The highest BCUT2D eigenvalue weighted by atomic mass is 16.7. The molecule has 2 atom stereocenters. The van der Waals surface area contributed by atoms with Crippen molar-refractivity contribution in [3.05, 3.63) is 59.3 Å². The maximum absolute atomic E-state index is 13.6. The minimum absolute atomic E-state index is 0.00948. The SMILES string of the molecule is [2H]C1([2H])Oc2ccc(C3c4[nH]c5ccccc5c4C([2H])([2H])[C@]4([2H])C(=O)N(C)C([2H])([2H])C(=O)N34)cc2O1. The van der Waals surface area contributed by atoms with E-state index in [-0.39, 0.29) is 28.3 Å². The highest BCUT2D eigenvalue weighted by molar-refractivity contribution is 5.97. The average Bonchev–Trinajstić information content (AvgIpc) is 3.34. The van der Waals surface area contributed by atoms with Crippen molar-refractivity contribution in [2.75, 3.05) is 20.3 Å². The monoisotopic (exact) mass is 396 g/mol. The topological polar surface area (TPSA) is 74.9 Å². The van der Waals surface area contributed by atoms with E-state index in [9.17, 15) is 11.0 Å². The molecule has 4 heterocycles. The van der Waals surface area contributed by atoms with Gasteiger partial charge in [-0.3, -0.25) is 9.59 Å². The molecule has 7 nitrogen and oxygen atoms in total. The quantitative estimate of drug-likeness (QED) is 0.684. The second-order valence-corrected chi connectivity index (χ2v) is 6.98. The second-order valence-electron chi connectivity index (χ2n) is 6.98. The Morgan fingerprint density at radius 1 is 1.17 bits per heavy atom. The number of H-pyrrole nitrogens is 1. The Balaban J connectivity index is 1.68. The largest absolute Gasteiger partial charge is 0.454 e. The van der Waals surface area contributed by atoms with Gasteiger partial charge in [0.2, 0.25) is 18.6 Å². The normalized spacial score (nSPS) is 34.1. The van der Waals surface area contributed by atoms with E-state index in [1.165, 1.54) is 18.2 Å². The molecule has 3 aliphatic heterocycles. The van der Waals surface area contributed by atoms with Crippen LogP contribution >= 0.6 is 0 Å². The first kappa shape index (κ1) is 10.9. The van der Waals surface area contributed by atoms with Crippen molar-refractivity contribution in [1.82, 2.24) is 14.8 Å². The van der Waals surface area contributed by atoms with Crippen molar-refractivity contribution in [1.29, 1.82) is 0 Å². The molecule has 1 saturated heterocycles. The first-order chi connectivity index (χ1) is 16.7. The summed E-state index contributed by atoms with van der Waals surface area (Å²) in [7, 11) is 1.03. The van der Waals surface area contributed by atoms with Crippen molar-refractivity contribution in [3.63, 3.8) is 0 Å². The summed E-state index contributed by atoms with van der Waals surface area (Å²) in [5, 5.41) is 0.419. The van der Waals surface area contributed by atoms with Gasteiger partial charge in [0.1, 0.15) is 8.76 Å². The van der Waals surface area contributed by atoms with Gasteiger partial charge in [0, 0.05) is 32.8 Å². The Morgan fingerprint density at radius 2 is 2.00 bits per heavy atom. The lowest BCUT2D eigenvalue weighted by molar-refractivity contribution is -0.157. The van der Waals surface area contributed by atoms with E-state index in [1.807, 2.05) is 0 Å². The molecule has 0 saturated carbocycles. The number of ether oxygens (including phenoxy) is 2. The molecule has 1 aromatic heterocycles. The highest BCUT2D eigenvalue weighted by Crippen LogP contribution is 2.44. The number of aromatic nitrogens is 1. The van der Waals surface area contributed by atoms with Gasteiger partial charge in [-0.15, -0.1) is 0 Å². The molecule has 7 heteroatoms. The van der Waals surface area contributed by atoms with Crippen LogP contribution in [-0.4, -0.2) is 52.9 Å². The van der Waals surface area contributed by atoms with Crippen LogP contribution in [0.1, 0.15) is 32.5 Å². The number of piperazine rings is 1. The fraction of sp³-hybridized carbons (Fsp3) is 0.273.